The van der Waals surface area contributed by atoms with Crippen LogP contribution in [0.25, 0.3) is 0 Å². The van der Waals surface area contributed by atoms with Crippen molar-refractivity contribution in [3.05, 3.63) is 107 Å². The first-order valence-corrected chi connectivity index (χ1v) is 11.0. The molecular formula is C27H25N3O5. The second kappa shape index (κ2) is 12.6. The van der Waals surface area contributed by atoms with Gasteiger partial charge in [0.05, 0.1) is 11.6 Å². The summed E-state index contributed by atoms with van der Waals surface area (Å²) in [7, 11) is 0. The first-order chi connectivity index (χ1) is 16.9. The zero-order valence-corrected chi connectivity index (χ0v) is 18.9. The van der Waals surface area contributed by atoms with E-state index in [4.69, 9.17) is 10.00 Å². The molecule has 0 unspecified atom stereocenters. The summed E-state index contributed by atoms with van der Waals surface area (Å²) in [5, 5.41) is 23.7. The van der Waals surface area contributed by atoms with E-state index in [2.05, 4.69) is 10.6 Å². The fourth-order valence-electron chi connectivity index (χ4n) is 3.39. The number of nitrogens with one attached hydrogen (secondary N) is 2. The molecule has 178 valence electrons. The van der Waals surface area contributed by atoms with Gasteiger partial charge < -0.3 is 20.5 Å². The number of hydrogen-bond donors (Lipinski definition) is 3. The Hall–Kier alpha value is -4.64. The molecule has 0 aliphatic heterocycles. The van der Waals surface area contributed by atoms with Gasteiger partial charge in [0.1, 0.15) is 18.7 Å². The van der Waals surface area contributed by atoms with E-state index in [0.29, 0.717) is 11.1 Å². The summed E-state index contributed by atoms with van der Waals surface area (Å²) in [6, 6.07) is 24.3. The van der Waals surface area contributed by atoms with Gasteiger partial charge in [-0.15, -0.1) is 0 Å². The van der Waals surface area contributed by atoms with Crippen LogP contribution < -0.4 is 10.6 Å². The highest BCUT2D eigenvalue weighted by Gasteiger charge is 2.27. The highest BCUT2D eigenvalue weighted by Crippen LogP contribution is 2.09. The van der Waals surface area contributed by atoms with E-state index in [9.17, 15) is 19.5 Å². The molecule has 0 saturated carbocycles. The van der Waals surface area contributed by atoms with Crippen molar-refractivity contribution in [2.24, 2.45) is 0 Å². The molecule has 8 nitrogen and oxygen atoms in total. The van der Waals surface area contributed by atoms with Crippen LogP contribution in [0.1, 0.15) is 22.3 Å². The minimum absolute atomic E-state index is 0.0172. The van der Waals surface area contributed by atoms with Crippen molar-refractivity contribution in [3.63, 3.8) is 0 Å². The molecule has 35 heavy (non-hydrogen) atoms. The van der Waals surface area contributed by atoms with E-state index < -0.39 is 30.1 Å². The number of ether oxygens (including phenoxy) is 1. The van der Waals surface area contributed by atoms with E-state index in [0.717, 1.165) is 11.1 Å². The third-order valence-electron chi connectivity index (χ3n) is 5.24. The maximum absolute atomic E-state index is 13.1. The summed E-state index contributed by atoms with van der Waals surface area (Å²) in [5.74, 6) is -1.86. The first kappa shape index (κ1) is 25.0. The molecule has 0 fully saturated rings. The number of rotatable bonds is 10. The first-order valence-electron chi connectivity index (χ1n) is 11.0. The Bertz CT molecular complexity index is 1170. The van der Waals surface area contributed by atoms with Crippen molar-refractivity contribution in [3.8, 4) is 6.07 Å². The highest BCUT2D eigenvalue weighted by molar-refractivity contribution is 5.89. The minimum Gasteiger partial charge on any atom is -0.480 e. The van der Waals surface area contributed by atoms with Crippen molar-refractivity contribution in [2.75, 3.05) is 0 Å². The lowest BCUT2D eigenvalue weighted by Crippen LogP contribution is -2.53. The summed E-state index contributed by atoms with van der Waals surface area (Å²) >= 11 is 0. The molecule has 0 bridgehead atoms. The molecule has 0 aliphatic rings. The summed E-state index contributed by atoms with van der Waals surface area (Å²) < 4.78 is 5.24. The molecule has 0 heterocycles. The standard InChI is InChI=1S/C27H25N3O5/c28-17-21-13-11-20(12-14-21)16-24(26(32)33)29-25(31)23(15-19-7-3-1-4-8-19)30-27(34)35-18-22-9-5-2-6-10-22/h1-14,23-24H,15-16,18H2,(H,29,31)(H,30,34)(H,32,33)/t23-,24+/m0/s1. The lowest BCUT2D eigenvalue weighted by atomic mass is 10.0. The second-order valence-electron chi connectivity index (χ2n) is 7.86. The Morgan fingerprint density at radius 3 is 1.89 bits per heavy atom. The molecule has 8 heteroatoms. The van der Waals surface area contributed by atoms with Gasteiger partial charge in [0, 0.05) is 12.8 Å². The van der Waals surface area contributed by atoms with Gasteiger partial charge in [0.25, 0.3) is 0 Å². The Morgan fingerprint density at radius 2 is 1.31 bits per heavy atom. The number of benzene rings is 3. The quantitative estimate of drug-likeness (QED) is 0.417. The lowest BCUT2D eigenvalue weighted by Gasteiger charge is -2.21. The number of amides is 2. The van der Waals surface area contributed by atoms with E-state index in [1.807, 2.05) is 66.7 Å². The monoisotopic (exact) mass is 471 g/mol. The van der Waals surface area contributed by atoms with E-state index in [-0.39, 0.29) is 19.4 Å². The van der Waals surface area contributed by atoms with Gasteiger partial charge in [0.2, 0.25) is 5.91 Å². The average Bonchev–Trinajstić information content (AvgIpc) is 2.88. The van der Waals surface area contributed by atoms with Crippen LogP contribution in [0.2, 0.25) is 0 Å². The van der Waals surface area contributed by atoms with Crippen LogP contribution in [0.5, 0.6) is 0 Å². The molecule has 0 saturated heterocycles. The highest BCUT2D eigenvalue weighted by atomic mass is 16.5. The molecule has 3 aromatic carbocycles. The van der Waals surface area contributed by atoms with Gasteiger partial charge in [0.15, 0.2) is 0 Å². The predicted molar refractivity (Wildman–Crippen MR) is 128 cm³/mol. The van der Waals surface area contributed by atoms with Gasteiger partial charge in [-0.3, -0.25) is 4.79 Å². The van der Waals surface area contributed by atoms with Crippen LogP contribution in [-0.2, 0) is 33.8 Å². The van der Waals surface area contributed by atoms with E-state index in [1.165, 1.54) is 0 Å². The minimum atomic E-state index is -1.23. The molecule has 3 N–H and O–H groups in total. The normalized spacial score (nSPS) is 12.0. The molecule has 0 spiro atoms. The van der Waals surface area contributed by atoms with Crippen LogP contribution in [0.3, 0.4) is 0 Å². The van der Waals surface area contributed by atoms with Crippen LogP contribution in [0.4, 0.5) is 4.79 Å². The number of carboxylic acids is 1. The molecule has 3 rings (SSSR count). The number of hydrogen-bond acceptors (Lipinski definition) is 5. The number of carboxylic acid groups (broad SMARTS) is 1. The number of nitriles is 1. The SMILES string of the molecule is N#Cc1ccc(C[C@@H](NC(=O)[C@H](Cc2ccccc2)NC(=O)OCc2ccccc2)C(=O)O)cc1. The van der Waals surface area contributed by atoms with Crippen molar-refractivity contribution in [1.29, 1.82) is 5.26 Å². The van der Waals surface area contributed by atoms with Crippen LogP contribution in [0.15, 0.2) is 84.9 Å². The Kier molecular flexibility index (Phi) is 8.97. The molecule has 0 aromatic heterocycles. The van der Waals surface area contributed by atoms with Crippen molar-refractivity contribution in [1.82, 2.24) is 10.6 Å². The topological polar surface area (TPSA) is 129 Å². The van der Waals surface area contributed by atoms with E-state index >= 15 is 0 Å². The molecule has 0 radical (unpaired) electrons. The number of aliphatic carboxylic acids is 1. The number of alkyl carbamates (subject to hydrolysis) is 1. The largest absolute Gasteiger partial charge is 0.480 e. The van der Waals surface area contributed by atoms with Gasteiger partial charge in [-0.1, -0.05) is 72.8 Å². The van der Waals surface area contributed by atoms with Gasteiger partial charge in [-0.2, -0.15) is 5.26 Å². The fraction of sp³-hybridized carbons (Fsp3) is 0.185. The van der Waals surface area contributed by atoms with Gasteiger partial charge in [-0.25, -0.2) is 9.59 Å². The lowest BCUT2D eigenvalue weighted by molar-refractivity contribution is -0.142. The maximum atomic E-state index is 13.1. The Labute approximate surface area is 203 Å². The third-order valence-corrected chi connectivity index (χ3v) is 5.24. The van der Waals surface area contributed by atoms with Gasteiger partial charge >= 0.3 is 12.1 Å². The smallest absolute Gasteiger partial charge is 0.408 e. The second-order valence-corrected chi connectivity index (χ2v) is 7.86. The van der Waals surface area contributed by atoms with E-state index in [1.54, 1.807) is 24.3 Å². The number of carbonyl (C=O) groups is 3. The van der Waals surface area contributed by atoms with Crippen molar-refractivity contribution in [2.45, 2.75) is 31.5 Å². The summed E-state index contributed by atoms with van der Waals surface area (Å²) in [6.07, 6.45) is -0.622. The summed E-state index contributed by atoms with van der Waals surface area (Å²) in [4.78, 5) is 37.4. The molecule has 2 amide bonds. The molecular weight excluding hydrogens is 446 g/mol. The fourth-order valence-corrected chi connectivity index (χ4v) is 3.39. The number of nitrogens with zero attached hydrogens (tertiary/aromatic N) is 1. The Balaban J connectivity index is 1.69. The predicted octanol–water partition coefficient (Wildman–Crippen LogP) is 3.21. The van der Waals surface area contributed by atoms with Crippen molar-refractivity contribution < 1.29 is 24.2 Å². The van der Waals surface area contributed by atoms with Crippen LogP contribution >= 0.6 is 0 Å². The summed E-state index contributed by atoms with van der Waals surface area (Å²) in [5.41, 5.74) is 2.67. The maximum Gasteiger partial charge on any atom is 0.408 e. The molecule has 2 atom stereocenters. The molecule has 3 aromatic rings. The van der Waals surface area contributed by atoms with Crippen LogP contribution in [0, 0.1) is 11.3 Å². The Morgan fingerprint density at radius 1 is 0.771 bits per heavy atom. The summed E-state index contributed by atoms with van der Waals surface area (Å²) in [6.45, 7) is 0.0305. The average molecular weight is 472 g/mol. The zero-order valence-electron chi connectivity index (χ0n) is 18.9. The van der Waals surface area contributed by atoms with Crippen LogP contribution in [-0.4, -0.2) is 35.2 Å². The number of carbonyl (C=O) groups excluding carboxylic acids is 2. The molecule has 0 aliphatic carbocycles. The third kappa shape index (κ3) is 8.02. The van der Waals surface area contributed by atoms with Gasteiger partial charge in [-0.05, 0) is 28.8 Å². The van der Waals surface area contributed by atoms with Crippen molar-refractivity contribution >= 4 is 18.0 Å². The zero-order chi connectivity index (χ0) is 25.0.